The van der Waals surface area contributed by atoms with E-state index in [4.69, 9.17) is 18.0 Å². The van der Waals surface area contributed by atoms with Crippen molar-refractivity contribution >= 4 is 28.8 Å². The van der Waals surface area contributed by atoms with Crippen molar-refractivity contribution in [3.05, 3.63) is 24.0 Å². The van der Waals surface area contributed by atoms with Gasteiger partial charge >= 0.3 is 0 Å². The van der Waals surface area contributed by atoms with Crippen LogP contribution in [0.1, 0.15) is 18.5 Å². The molecule has 1 aromatic rings. The summed E-state index contributed by atoms with van der Waals surface area (Å²) in [6, 6.07) is 3.66. The van der Waals surface area contributed by atoms with Crippen LogP contribution in [0.4, 0.5) is 5.69 Å². The summed E-state index contributed by atoms with van der Waals surface area (Å²) >= 11 is 4.91. The van der Waals surface area contributed by atoms with E-state index in [1.165, 1.54) is 0 Å². The highest BCUT2D eigenvalue weighted by Crippen LogP contribution is 2.46. The lowest BCUT2D eigenvalue weighted by molar-refractivity contribution is -0.118. The summed E-state index contributed by atoms with van der Waals surface area (Å²) in [7, 11) is 0. The van der Waals surface area contributed by atoms with Crippen LogP contribution in [-0.2, 0) is 4.79 Å². The molecule has 1 fully saturated rings. The van der Waals surface area contributed by atoms with Crippen molar-refractivity contribution in [1.29, 1.82) is 0 Å². The Kier molecular flexibility index (Phi) is 2.63. The van der Waals surface area contributed by atoms with Crippen LogP contribution in [0.3, 0.4) is 0 Å². The van der Waals surface area contributed by atoms with Gasteiger partial charge in [-0.15, -0.1) is 0 Å². The lowest BCUT2D eigenvalue weighted by Crippen LogP contribution is -2.35. The van der Waals surface area contributed by atoms with Crippen molar-refractivity contribution in [3.63, 3.8) is 0 Å². The second-order valence-corrected chi connectivity index (χ2v) is 4.53. The Labute approximate surface area is 99.2 Å². The monoisotopic (exact) mass is 235 g/mol. The van der Waals surface area contributed by atoms with Crippen molar-refractivity contribution in [1.82, 2.24) is 4.98 Å². The number of aromatic nitrogens is 1. The van der Waals surface area contributed by atoms with Crippen molar-refractivity contribution in [2.24, 2.45) is 11.1 Å². The first-order valence-corrected chi connectivity index (χ1v) is 5.49. The fourth-order valence-corrected chi connectivity index (χ4v) is 1.80. The minimum atomic E-state index is -0.611. The van der Waals surface area contributed by atoms with E-state index < -0.39 is 5.41 Å². The second kappa shape index (κ2) is 3.83. The number of aryl methyl sites for hydroxylation is 1. The van der Waals surface area contributed by atoms with Gasteiger partial charge in [-0.3, -0.25) is 9.78 Å². The smallest absolute Gasteiger partial charge is 0.237 e. The molecule has 16 heavy (non-hydrogen) atoms. The Morgan fingerprint density at radius 3 is 2.69 bits per heavy atom. The molecular weight excluding hydrogens is 222 g/mol. The number of nitrogens with zero attached hydrogens (tertiary/aromatic N) is 1. The third-order valence-electron chi connectivity index (χ3n) is 2.83. The van der Waals surface area contributed by atoms with E-state index in [-0.39, 0.29) is 10.9 Å². The van der Waals surface area contributed by atoms with E-state index in [1.54, 1.807) is 6.20 Å². The van der Waals surface area contributed by atoms with Gasteiger partial charge in [-0.05, 0) is 31.9 Å². The summed E-state index contributed by atoms with van der Waals surface area (Å²) in [6.45, 7) is 1.89. The van der Waals surface area contributed by atoms with E-state index in [0.29, 0.717) is 5.69 Å². The average Bonchev–Trinajstić information content (AvgIpc) is 3.02. The third kappa shape index (κ3) is 1.90. The molecule has 1 amide bonds. The van der Waals surface area contributed by atoms with Gasteiger partial charge in [0, 0.05) is 5.69 Å². The van der Waals surface area contributed by atoms with E-state index in [9.17, 15) is 4.79 Å². The summed E-state index contributed by atoms with van der Waals surface area (Å²) in [4.78, 5) is 16.3. The normalized spacial score (nSPS) is 16.6. The zero-order valence-electron chi connectivity index (χ0n) is 8.99. The zero-order chi connectivity index (χ0) is 11.8. The van der Waals surface area contributed by atoms with Gasteiger partial charge in [-0.1, -0.05) is 12.2 Å². The molecule has 1 saturated carbocycles. The molecule has 1 aliphatic carbocycles. The first-order chi connectivity index (χ1) is 7.54. The zero-order valence-corrected chi connectivity index (χ0v) is 9.80. The number of rotatable bonds is 3. The quantitative estimate of drug-likeness (QED) is 0.777. The first-order valence-electron chi connectivity index (χ1n) is 5.09. The molecule has 0 aromatic carbocycles. The Balaban J connectivity index is 2.08. The lowest BCUT2D eigenvalue weighted by atomic mass is 10.1. The Bertz CT molecular complexity index is 437. The number of nitrogens with one attached hydrogen (secondary N) is 1. The van der Waals surface area contributed by atoms with Crippen molar-refractivity contribution < 1.29 is 4.79 Å². The van der Waals surface area contributed by atoms with Gasteiger partial charge in [0.1, 0.15) is 0 Å². The minimum absolute atomic E-state index is 0.120. The lowest BCUT2D eigenvalue weighted by Gasteiger charge is -2.13. The average molecular weight is 235 g/mol. The number of carbonyl (C=O) groups is 1. The summed E-state index contributed by atoms with van der Waals surface area (Å²) < 4.78 is 0. The SMILES string of the molecule is Cc1ccc(NC(=O)C2(C(N)=S)CC2)cn1. The van der Waals surface area contributed by atoms with Gasteiger partial charge in [0.15, 0.2) is 0 Å². The number of amides is 1. The molecule has 0 radical (unpaired) electrons. The van der Waals surface area contributed by atoms with Crippen LogP contribution < -0.4 is 11.1 Å². The predicted molar refractivity (Wildman–Crippen MR) is 66.1 cm³/mol. The number of hydrogen-bond acceptors (Lipinski definition) is 3. The van der Waals surface area contributed by atoms with E-state index in [2.05, 4.69) is 10.3 Å². The number of pyridine rings is 1. The number of carbonyl (C=O) groups excluding carboxylic acids is 1. The van der Waals surface area contributed by atoms with Crippen LogP contribution in [0.15, 0.2) is 18.3 Å². The summed E-state index contributed by atoms with van der Waals surface area (Å²) in [5.41, 5.74) is 6.54. The number of anilines is 1. The molecule has 0 bridgehead atoms. The van der Waals surface area contributed by atoms with Gasteiger partial charge in [0.2, 0.25) is 5.91 Å². The van der Waals surface area contributed by atoms with Gasteiger partial charge in [0.05, 0.1) is 22.3 Å². The van der Waals surface area contributed by atoms with Crippen LogP contribution in [0.5, 0.6) is 0 Å². The molecule has 0 unspecified atom stereocenters. The standard InChI is InChI=1S/C11H13N3OS/c1-7-2-3-8(6-13-7)14-10(15)11(4-5-11)9(12)16/h2-3,6H,4-5H2,1H3,(H2,12,16)(H,14,15). The van der Waals surface area contributed by atoms with Crippen molar-refractivity contribution in [2.45, 2.75) is 19.8 Å². The van der Waals surface area contributed by atoms with Gasteiger partial charge < -0.3 is 11.1 Å². The molecule has 1 heterocycles. The predicted octanol–water partition coefficient (Wildman–Crippen LogP) is 1.39. The first kappa shape index (κ1) is 11.0. The van der Waals surface area contributed by atoms with Crippen LogP contribution in [0.2, 0.25) is 0 Å². The van der Waals surface area contributed by atoms with Gasteiger partial charge in [-0.2, -0.15) is 0 Å². The maximum atomic E-state index is 11.9. The van der Waals surface area contributed by atoms with Gasteiger partial charge in [-0.25, -0.2) is 0 Å². The maximum absolute atomic E-state index is 11.9. The molecule has 0 aliphatic heterocycles. The van der Waals surface area contributed by atoms with E-state index in [0.717, 1.165) is 18.5 Å². The molecule has 84 valence electrons. The number of thiocarbonyl (C=S) groups is 1. The summed E-state index contributed by atoms with van der Waals surface area (Å²) in [6.07, 6.45) is 3.11. The molecule has 0 spiro atoms. The van der Waals surface area contributed by atoms with Crippen molar-refractivity contribution in [2.75, 3.05) is 5.32 Å². The van der Waals surface area contributed by atoms with E-state index >= 15 is 0 Å². The molecule has 2 rings (SSSR count). The molecule has 3 N–H and O–H groups in total. The summed E-state index contributed by atoms with van der Waals surface area (Å²) in [5.74, 6) is -0.120. The van der Waals surface area contributed by atoms with Crippen LogP contribution in [-0.4, -0.2) is 15.9 Å². The van der Waals surface area contributed by atoms with Crippen LogP contribution >= 0.6 is 12.2 Å². The Morgan fingerprint density at radius 1 is 1.56 bits per heavy atom. The molecule has 0 saturated heterocycles. The van der Waals surface area contributed by atoms with Gasteiger partial charge in [0.25, 0.3) is 0 Å². The van der Waals surface area contributed by atoms with Crippen molar-refractivity contribution in [3.8, 4) is 0 Å². The minimum Gasteiger partial charge on any atom is -0.392 e. The van der Waals surface area contributed by atoms with Crippen LogP contribution in [0, 0.1) is 12.3 Å². The van der Waals surface area contributed by atoms with E-state index in [1.807, 2.05) is 19.1 Å². The molecular formula is C11H13N3OS. The highest BCUT2D eigenvalue weighted by molar-refractivity contribution is 7.80. The third-order valence-corrected chi connectivity index (χ3v) is 3.22. The molecule has 5 heteroatoms. The fraction of sp³-hybridized carbons (Fsp3) is 0.364. The Morgan fingerprint density at radius 2 is 2.25 bits per heavy atom. The highest BCUT2D eigenvalue weighted by Gasteiger charge is 2.52. The molecule has 4 nitrogen and oxygen atoms in total. The molecule has 1 aliphatic rings. The number of hydrogen-bond donors (Lipinski definition) is 2. The largest absolute Gasteiger partial charge is 0.392 e. The number of nitrogens with two attached hydrogens (primary N) is 1. The highest BCUT2D eigenvalue weighted by atomic mass is 32.1. The second-order valence-electron chi connectivity index (χ2n) is 4.09. The maximum Gasteiger partial charge on any atom is 0.237 e. The molecule has 1 aromatic heterocycles. The van der Waals surface area contributed by atoms with Crippen LogP contribution in [0.25, 0.3) is 0 Å². The fourth-order valence-electron chi connectivity index (χ4n) is 1.50. The Hall–Kier alpha value is -1.49. The summed E-state index contributed by atoms with van der Waals surface area (Å²) in [5, 5.41) is 2.78. The topological polar surface area (TPSA) is 68.0 Å². The molecule has 0 atom stereocenters.